The Hall–Kier alpha value is -3.24. The van der Waals surface area contributed by atoms with Gasteiger partial charge in [-0.15, -0.1) is 0 Å². The molecule has 41 heavy (non-hydrogen) atoms. The van der Waals surface area contributed by atoms with Crippen LogP contribution in [0.1, 0.15) is 42.4 Å². The molecule has 1 saturated carbocycles. The van der Waals surface area contributed by atoms with Gasteiger partial charge in [-0.3, -0.25) is 13.9 Å². The summed E-state index contributed by atoms with van der Waals surface area (Å²) in [5.74, 6) is -1.46. The van der Waals surface area contributed by atoms with Crippen LogP contribution in [-0.2, 0) is 32.6 Å². The fourth-order valence-corrected chi connectivity index (χ4v) is 6.22. The van der Waals surface area contributed by atoms with Crippen LogP contribution in [0.2, 0.25) is 0 Å². The molecule has 218 valence electrons. The number of hydrogen-bond donors (Lipinski definition) is 1. The Morgan fingerprint density at radius 3 is 2.32 bits per heavy atom. The number of carbonyl (C=O) groups excluding carboxylic acids is 2. The second-order valence-electron chi connectivity index (χ2n) is 10.5. The highest BCUT2D eigenvalue weighted by atomic mass is 79.9. The Morgan fingerprint density at radius 1 is 1.02 bits per heavy atom. The summed E-state index contributed by atoms with van der Waals surface area (Å²) < 4.78 is 42.6. The molecule has 0 aromatic heterocycles. The van der Waals surface area contributed by atoms with E-state index in [1.165, 1.54) is 11.0 Å². The van der Waals surface area contributed by atoms with Crippen molar-refractivity contribution in [2.24, 2.45) is 0 Å². The van der Waals surface area contributed by atoms with Crippen LogP contribution in [0, 0.1) is 12.7 Å². The van der Waals surface area contributed by atoms with Crippen molar-refractivity contribution < 1.29 is 22.4 Å². The molecule has 1 atom stereocenters. The number of benzene rings is 3. The molecule has 1 N–H and O–H groups in total. The van der Waals surface area contributed by atoms with E-state index in [0.29, 0.717) is 5.69 Å². The monoisotopic (exact) mass is 643 g/mol. The summed E-state index contributed by atoms with van der Waals surface area (Å²) in [6, 6.07) is 19.4. The van der Waals surface area contributed by atoms with Crippen LogP contribution in [0.5, 0.6) is 0 Å². The number of amides is 2. The van der Waals surface area contributed by atoms with Crippen molar-refractivity contribution in [2.75, 3.05) is 17.1 Å². The summed E-state index contributed by atoms with van der Waals surface area (Å²) in [6.45, 7) is 1.08. The van der Waals surface area contributed by atoms with Gasteiger partial charge in [0.1, 0.15) is 18.4 Å². The molecule has 10 heteroatoms. The van der Waals surface area contributed by atoms with E-state index >= 15 is 0 Å². The molecule has 0 aliphatic heterocycles. The van der Waals surface area contributed by atoms with Gasteiger partial charge in [0.05, 0.1) is 11.9 Å². The number of sulfonamides is 1. The van der Waals surface area contributed by atoms with Crippen LogP contribution in [0.3, 0.4) is 0 Å². The summed E-state index contributed by atoms with van der Waals surface area (Å²) in [7, 11) is -3.88. The van der Waals surface area contributed by atoms with E-state index in [4.69, 9.17) is 0 Å². The van der Waals surface area contributed by atoms with Gasteiger partial charge < -0.3 is 10.2 Å². The number of hydrogen-bond acceptors (Lipinski definition) is 4. The zero-order chi connectivity index (χ0) is 29.6. The average molecular weight is 645 g/mol. The lowest BCUT2D eigenvalue weighted by molar-refractivity contribution is -0.140. The standard InChI is InChI=1S/C31H35BrFN3O4S/c1-22-18-26(16-17-27(22)32)36(41(2,39)40)21-30(37)35(20-24-12-6-9-15-28(24)33)29(19-23-10-4-3-5-11-23)31(38)34-25-13-7-8-14-25/h3-6,9-12,15-18,25,29H,7-8,13-14,19-21H2,1-2H3,(H,34,38). The van der Waals surface area contributed by atoms with E-state index in [-0.39, 0.29) is 30.5 Å². The summed E-state index contributed by atoms with van der Waals surface area (Å²) >= 11 is 3.43. The molecule has 0 spiro atoms. The Labute approximate surface area is 249 Å². The van der Waals surface area contributed by atoms with Gasteiger partial charge in [0.2, 0.25) is 21.8 Å². The summed E-state index contributed by atoms with van der Waals surface area (Å²) in [4.78, 5) is 29.3. The predicted octanol–water partition coefficient (Wildman–Crippen LogP) is 5.36. The number of nitrogens with one attached hydrogen (secondary N) is 1. The summed E-state index contributed by atoms with van der Waals surface area (Å²) in [5, 5.41) is 3.10. The normalized spacial score (nSPS) is 14.4. The molecule has 3 aromatic rings. The molecule has 0 saturated heterocycles. The molecule has 7 nitrogen and oxygen atoms in total. The predicted molar refractivity (Wildman–Crippen MR) is 162 cm³/mol. The largest absolute Gasteiger partial charge is 0.352 e. The fourth-order valence-electron chi connectivity index (χ4n) is 5.13. The second kappa shape index (κ2) is 13.6. The third-order valence-electron chi connectivity index (χ3n) is 7.38. The van der Waals surface area contributed by atoms with E-state index in [1.807, 2.05) is 37.3 Å². The second-order valence-corrected chi connectivity index (χ2v) is 13.3. The SMILES string of the molecule is Cc1cc(N(CC(=O)N(Cc2ccccc2F)C(Cc2ccccc2)C(=O)NC2CCCC2)S(C)(=O)=O)ccc1Br. The van der Waals surface area contributed by atoms with Crippen molar-refractivity contribution in [1.29, 1.82) is 0 Å². The van der Waals surface area contributed by atoms with Gasteiger partial charge in [-0.05, 0) is 55.2 Å². The Bertz CT molecular complexity index is 1480. The van der Waals surface area contributed by atoms with E-state index in [0.717, 1.165) is 51.8 Å². The molecule has 0 bridgehead atoms. The lowest BCUT2D eigenvalue weighted by atomic mass is 10.0. The molecule has 1 unspecified atom stereocenters. The minimum Gasteiger partial charge on any atom is -0.352 e. The molecule has 1 fully saturated rings. The Kier molecular flexibility index (Phi) is 10.2. The first-order chi connectivity index (χ1) is 19.5. The van der Waals surface area contributed by atoms with Gasteiger partial charge in [0.15, 0.2) is 0 Å². The van der Waals surface area contributed by atoms with Gasteiger partial charge in [-0.1, -0.05) is 77.3 Å². The summed E-state index contributed by atoms with van der Waals surface area (Å²) in [5.41, 5.74) is 2.18. The quantitative estimate of drug-likeness (QED) is 0.305. The third-order valence-corrected chi connectivity index (χ3v) is 9.41. The van der Waals surface area contributed by atoms with E-state index in [9.17, 15) is 22.4 Å². The molecular formula is C31H35BrFN3O4S. The molecule has 1 aliphatic carbocycles. The number of carbonyl (C=O) groups is 2. The maximum atomic E-state index is 14.9. The first kappa shape index (κ1) is 30.7. The molecule has 0 heterocycles. The third kappa shape index (κ3) is 8.16. The van der Waals surface area contributed by atoms with Crippen molar-refractivity contribution in [3.8, 4) is 0 Å². The number of aryl methyl sites for hydroxylation is 1. The van der Waals surface area contributed by atoms with Crippen LogP contribution in [0.15, 0.2) is 77.3 Å². The van der Waals surface area contributed by atoms with Crippen LogP contribution in [0.4, 0.5) is 10.1 Å². The maximum absolute atomic E-state index is 14.9. The van der Waals surface area contributed by atoms with Crippen LogP contribution in [0.25, 0.3) is 0 Å². The lowest BCUT2D eigenvalue weighted by Crippen LogP contribution is -2.54. The number of rotatable bonds is 11. The number of halogens is 2. The highest BCUT2D eigenvalue weighted by Gasteiger charge is 2.34. The van der Waals surface area contributed by atoms with Gasteiger partial charge in [-0.25, -0.2) is 12.8 Å². The molecular weight excluding hydrogens is 609 g/mol. The fraction of sp³-hybridized carbons (Fsp3) is 0.355. The van der Waals surface area contributed by atoms with Crippen molar-refractivity contribution in [2.45, 2.75) is 57.7 Å². The van der Waals surface area contributed by atoms with Crippen molar-refractivity contribution in [3.63, 3.8) is 0 Å². The van der Waals surface area contributed by atoms with Crippen LogP contribution >= 0.6 is 15.9 Å². The first-order valence-corrected chi connectivity index (χ1v) is 16.3. The lowest BCUT2D eigenvalue weighted by Gasteiger charge is -2.34. The number of nitrogens with zero attached hydrogens (tertiary/aromatic N) is 2. The highest BCUT2D eigenvalue weighted by Crippen LogP contribution is 2.26. The zero-order valence-electron chi connectivity index (χ0n) is 23.2. The van der Waals surface area contributed by atoms with E-state index in [1.54, 1.807) is 36.4 Å². The van der Waals surface area contributed by atoms with Crippen molar-refractivity contribution in [3.05, 3.63) is 99.8 Å². The first-order valence-electron chi connectivity index (χ1n) is 13.6. The van der Waals surface area contributed by atoms with Crippen LogP contribution < -0.4 is 9.62 Å². The van der Waals surface area contributed by atoms with Crippen molar-refractivity contribution in [1.82, 2.24) is 10.2 Å². The molecule has 1 aliphatic rings. The summed E-state index contributed by atoms with van der Waals surface area (Å²) in [6.07, 6.45) is 4.97. The van der Waals surface area contributed by atoms with E-state index < -0.39 is 34.3 Å². The minimum atomic E-state index is -3.88. The van der Waals surface area contributed by atoms with E-state index in [2.05, 4.69) is 21.2 Å². The molecule has 4 rings (SSSR count). The van der Waals surface area contributed by atoms with Gasteiger partial charge in [0.25, 0.3) is 0 Å². The Morgan fingerprint density at radius 2 is 1.68 bits per heavy atom. The van der Waals surface area contributed by atoms with Crippen molar-refractivity contribution >= 4 is 43.5 Å². The smallest absolute Gasteiger partial charge is 0.244 e. The topological polar surface area (TPSA) is 86.8 Å². The van der Waals surface area contributed by atoms with Gasteiger partial charge >= 0.3 is 0 Å². The number of anilines is 1. The van der Waals surface area contributed by atoms with Gasteiger partial charge in [-0.2, -0.15) is 0 Å². The average Bonchev–Trinajstić information content (AvgIpc) is 3.44. The molecule has 2 amide bonds. The molecule has 0 radical (unpaired) electrons. The zero-order valence-corrected chi connectivity index (χ0v) is 25.6. The maximum Gasteiger partial charge on any atom is 0.244 e. The Balaban J connectivity index is 1.74. The molecule has 3 aromatic carbocycles. The minimum absolute atomic E-state index is 0.00412. The highest BCUT2D eigenvalue weighted by molar-refractivity contribution is 9.10. The van der Waals surface area contributed by atoms with Crippen LogP contribution in [-0.4, -0.2) is 50.0 Å². The van der Waals surface area contributed by atoms with Gasteiger partial charge in [0, 0.05) is 29.0 Å².